The normalized spacial score (nSPS) is 10.7. The maximum Gasteiger partial charge on any atom is 0.256 e. The summed E-state index contributed by atoms with van der Waals surface area (Å²) in [6.07, 6.45) is 5.20. The summed E-state index contributed by atoms with van der Waals surface area (Å²) >= 11 is 0. The lowest BCUT2D eigenvalue weighted by Gasteiger charge is -2.17. The first-order chi connectivity index (χ1) is 9.75. The highest BCUT2D eigenvalue weighted by Crippen LogP contribution is 2.18. The molecule has 5 heteroatoms. The number of nitrogens with zero attached hydrogens (tertiary/aromatic N) is 3. The molecule has 0 unspecified atom stereocenters. The lowest BCUT2D eigenvalue weighted by Crippen LogP contribution is -2.26. The second-order valence-corrected chi connectivity index (χ2v) is 4.65. The van der Waals surface area contributed by atoms with Crippen LogP contribution in [-0.4, -0.2) is 33.0 Å². The van der Waals surface area contributed by atoms with Crippen LogP contribution >= 0.6 is 0 Å². The van der Waals surface area contributed by atoms with Crippen molar-refractivity contribution in [3.05, 3.63) is 60.0 Å². The average Bonchev–Trinajstić information content (AvgIpc) is 2.99. The first-order valence-corrected chi connectivity index (χ1v) is 6.32. The van der Waals surface area contributed by atoms with E-state index in [9.17, 15) is 4.79 Å². The van der Waals surface area contributed by atoms with Gasteiger partial charge in [0.1, 0.15) is 0 Å². The Bertz CT molecular complexity index is 731. The van der Waals surface area contributed by atoms with E-state index in [2.05, 4.69) is 15.2 Å². The molecule has 0 aliphatic carbocycles. The fourth-order valence-electron chi connectivity index (χ4n) is 2.19. The number of para-hydroxylation sites is 1. The molecule has 0 radical (unpaired) electrons. The smallest absolute Gasteiger partial charge is 0.256 e. The third kappa shape index (κ3) is 2.25. The van der Waals surface area contributed by atoms with Crippen molar-refractivity contribution < 1.29 is 4.79 Å². The van der Waals surface area contributed by atoms with E-state index in [1.165, 1.54) is 0 Å². The maximum atomic E-state index is 12.5. The fourth-order valence-corrected chi connectivity index (χ4v) is 2.19. The number of fused-ring (bicyclic) bond motifs is 1. The van der Waals surface area contributed by atoms with Crippen LogP contribution in [0.3, 0.4) is 0 Å². The molecule has 3 aromatic rings. The van der Waals surface area contributed by atoms with E-state index in [1.54, 1.807) is 30.5 Å². The zero-order valence-corrected chi connectivity index (χ0v) is 11.1. The van der Waals surface area contributed by atoms with Gasteiger partial charge in [-0.15, -0.1) is 0 Å². The summed E-state index contributed by atoms with van der Waals surface area (Å²) in [5, 5.41) is 7.59. The van der Waals surface area contributed by atoms with Crippen molar-refractivity contribution in [2.24, 2.45) is 0 Å². The third-order valence-electron chi connectivity index (χ3n) is 3.18. The predicted molar refractivity (Wildman–Crippen MR) is 76.1 cm³/mol. The Balaban J connectivity index is 1.92. The van der Waals surface area contributed by atoms with Crippen molar-refractivity contribution in [1.82, 2.24) is 20.1 Å². The number of pyridine rings is 1. The number of aromatic nitrogens is 3. The first kappa shape index (κ1) is 12.3. The van der Waals surface area contributed by atoms with E-state index in [0.29, 0.717) is 12.1 Å². The van der Waals surface area contributed by atoms with Gasteiger partial charge < -0.3 is 4.90 Å². The van der Waals surface area contributed by atoms with Crippen molar-refractivity contribution in [3.8, 4) is 0 Å². The molecule has 0 aliphatic heterocycles. The third-order valence-corrected chi connectivity index (χ3v) is 3.18. The summed E-state index contributed by atoms with van der Waals surface area (Å²) in [7, 11) is 1.77. The largest absolute Gasteiger partial charge is 0.337 e. The van der Waals surface area contributed by atoms with Gasteiger partial charge in [0.25, 0.3) is 5.91 Å². The van der Waals surface area contributed by atoms with Crippen molar-refractivity contribution in [1.29, 1.82) is 0 Å². The molecular weight excluding hydrogens is 252 g/mol. The van der Waals surface area contributed by atoms with Crippen LogP contribution in [0, 0.1) is 0 Å². The van der Waals surface area contributed by atoms with Crippen LogP contribution in [0.5, 0.6) is 0 Å². The van der Waals surface area contributed by atoms with Gasteiger partial charge in [0.05, 0.1) is 17.3 Å². The highest BCUT2D eigenvalue weighted by molar-refractivity contribution is 6.05. The zero-order chi connectivity index (χ0) is 13.9. The van der Waals surface area contributed by atoms with Crippen LogP contribution in [-0.2, 0) is 6.54 Å². The number of benzene rings is 1. The Morgan fingerprint density at radius 2 is 2.15 bits per heavy atom. The summed E-state index contributed by atoms with van der Waals surface area (Å²) in [4.78, 5) is 18.5. The highest BCUT2D eigenvalue weighted by Gasteiger charge is 2.15. The minimum absolute atomic E-state index is 0.0458. The van der Waals surface area contributed by atoms with E-state index in [0.717, 1.165) is 16.5 Å². The molecule has 2 heterocycles. The Hall–Kier alpha value is -2.69. The van der Waals surface area contributed by atoms with Crippen molar-refractivity contribution in [2.75, 3.05) is 7.05 Å². The predicted octanol–water partition coefficient (Wildman–Crippen LogP) is 2.23. The van der Waals surface area contributed by atoms with E-state index in [-0.39, 0.29) is 5.91 Å². The van der Waals surface area contributed by atoms with Gasteiger partial charge in [-0.05, 0) is 12.1 Å². The molecule has 2 aromatic heterocycles. The van der Waals surface area contributed by atoms with E-state index in [4.69, 9.17) is 0 Å². The number of carbonyl (C=O) groups is 1. The van der Waals surface area contributed by atoms with Crippen LogP contribution in [0.25, 0.3) is 10.9 Å². The Kier molecular flexibility index (Phi) is 3.16. The monoisotopic (exact) mass is 266 g/mol. The summed E-state index contributed by atoms with van der Waals surface area (Å²) in [5.74, 6) is -0.0458. The summed E-state index contributed by atoms with van der Waals surface area (Å²) in [6, 6.07) is 9.46. The minimum atomic E-state index is -0.0458. The average molecular weight is 266 g/mol. The second kappa shape index (κ2) is 5.13. The lowest BCUT2D eigenvalue weighted by atomic mass is 10.1. The standard InChI is InChI=1S/C15H14N4O/c1-19(10-11-8-17-18-9-11)15(20)13-6-2-4-12-5-3-7-16-14(12)13/h2-9H,10H2,1H3,(H,17,18). The van der Waals surface area contributed by atoms with Crippen molar-refractivity contribution in [3.63, 3.8) is 0 Å². The van der Waals surface area contributed by atoms with E-state index >= 15 is 0 Å². The number of hydrogen-bond acceptors (Lipinski definition) is 3. The van der Waals surface area contributed by atoms with Gasteiger partial charge in [-0.1, -0.05) is 18.2 Å². The molecule has 0 atom stereocenters. The number of rotatable bonds is 3. The molecule has 0 spiro atoms. The summed E-state index contributed by atoms with van der Waals surface area (Å²) in [6.45, 7) is 0.512. The van der Waals surface area contributed by atoms with E-state index in [1.807, 2.05) is 30.3 Å². The van der Waals surface area contributed by atoms with Gasteiger partial charge in [-0.2, -0.15) is 5.10 Å². The molecule has 5 nitrogen and oxygen atoms in total. The molecule has 1 aromatic carbocycles. The molecule has 0 fully saturated rings. The Morgan fingerprint density at radius 3 is 2.95 bits per heavy atom. The molecule has 20 heavy (non-hydrogen) atoms. The number of carbonyl (C=O) groups excluding carboxylic acids is 1. The number of nitrogens with one attached hydrogen (secondary N) is 1. The Labute approximate surface area is 116 Å². The number of hydrogen-bond donors (Lipinski definition) is 1. The SMILES string of the molecule is CN(Cc1cn[nH]c1)C(=O)c1cccc2cccnc12. The minimum Gasteiger partial charge on any atom is -0.337 e. The van der Waals surface area contributed by atoms with Gasteiger partial charge in [-0.3, -0.25) is 14.9 Å². The van der Waals surface area contributed by atoms with Crippen LogP contribution in [0.15, 0.2) is 48.9 Å². The molecule has 0 bridgehead atoms. The van der Waals surface area contributed by atoms with E-state index < -0.39 is 0 Å². The molecule has 0 saturated carbocycles. The number of H-pyrrole nitrogens is 1. The van der Waals surface area contributed by atoms with Crippen LogP contribution in [0.2, 0.25) is 0 Å². The highest BCUT2D eigenvalue weighted by atomic mass is 16.2. The Morgan fingerprint density at radius 1 is 1.30 bits per heavy atom. The van der Waals surface area contributed by atoms with Gasteiger partial charge in [-0.25, -0.2) is 0 Å². The van der Waals surface area contributed by atoms with Crippen molar-refractivity contribution >= 4 is 16.8 Å². The molecule has 1 amide bonds. The first-order valence-electron chi connectivity index (χ1n) is 6.32. The maximum absolute atomic E-state index is 12.5. The van der Waals surface area contributed by atoms with Gasteiger partial charge in [0.15, 0.2) is 0 Å². The summed E-state index contributed by atoms with van der Waals surface area (Å²) < 4.78 is 0. The molecule has 0 aliphatic rings. The fraction of sp³-hybridized carbons (Fsp3) is 0.133. The van der Waals surface area contributed by atoms with Gasteiger partial charge in [0.2, 0.25) is 0 Å². The lowest BCUT2D eigenvalue weighted by molar-refractivity contribution is 0.0787. The number of amides is 1. The topological polar surface area (TPSA) is 61.9 Å². The van der Waals surface area contributed by atoms with Crippen molar-refractivity contribution in [2.45, 2.75) is 6.54 Å². The number of aromatic amines is 1. The van der Waals surface area contributed by atoms with Crippen LogP contribution in [0.1, 0.15) is 15.9 Å². The quantitative estimate of drug-likeness (QED) is 0.790. The molecule has 1 N–H and O–H groups in total. The van der Waals surface area contributed by atoms with Crippen LogP contribution in [0.4, 0.5) is 0 Å². The molecule has 0 saturated heterocycles. The molecular formula is C15H14N4O. The zero-order valence-electron chi connectivity index (χ0n) is 11.1. The summed E-state index contributed by atoms with van der Waals surface area (Å²) in [5.41, 5.74) is 2.32. The van der Waals surface area contributed by atoms with Gasteiger partial charge >= 0.3 is 0 Å². The van der Waals surface area contributed by atoms with Crippen LogP contribution < -0.4 is 0 Å². The molecule has 100 valence electrons. The molecule has 3 rings (SSSR count). The van der Waals surface area contributed by atoms with Gasteiger partial charge in [0, 0.05) is 36.9 Å². The second-order valence-electron chi connectivity index (χ2n) is 4.65.